The summed E-state index contributed by atoms with van der Waals surface area (Å²) in [7, 11) is 0. The van der Waals surface area contributed by atoms with E-state index in [9.17, 15) is 10.1 Å². The number of ether oxygens (including phenoxy) is 1. The van der Waals surface area contributed by atoms with Crippen molar-refractivity contribution in [2.45, 2.75) is 52.1 Å². The summed E-state index contributed by atoms with van der Waals surface area (Å²) in [5.41, 5.74) is 3.04. The number of para-hydroxylation sites is 1. The highest BCUT2D eigenvalue weighted by molar-refractivity contribution is 5.87. The number of rotatable bonds is 2. The molecule has 5 nitrogen and oxygen atoms in total. The number of nitriles is 1. The van der Waals surface area contributed by atoms with Gasteiger partial charge in [0, 0.05) is 11.4 Å². The van der Waals surface area contributed by atoms with Crippen LogP contribution in [0.25, 0.3) is 5.69 Å². The zero-order chi connectivity index (χ0) is 18.0. The van der Waals surface area contributed by atoms with Gasteiger partial charge in [0.1, 0.15) is 17.5 Å². The van der Waals surface area contributed by atoms with Crippen molar-refractivity contribution in [2.75, 3.05) is 5.32 Å². The second-order valence-corrected chi connectivity index (χ2v) is 7.27. The first-order chi connectivity index (χ1) is 11.9. The molecule has 3 rings (SSSR count). The fourth-order valence-corrected chi connectivity index (χ4v) is 3.30. The Balaban J connectivity index is 2.11. The molecule has 0 saturated carbocycles. The highest BCUT2D eigenvalue weighted by Crippen LogP contribution is 2.35. The van der Waals surface area contributed by atoms with Crippen LogP contribution in [-0.2, 0) is 17.6 Å². The Morgan fingerprint density at radius 2 is 1.88 bits per heavy atom. The van der Waals surface area contributed by atoms with Crippen molar-refractivity contribution in [3.05, 3.63) is 47.2 Å². The maximum Gasteiger partial charge on any atom is 0.413 e. The fourth-order valence-electron chi connectivity index (χ4n) is 3.30. The van der Waals surface area contributed by atoms with Crippen LogP contribution < -0.4 is 5.32 Å². The van der Waals surface area contributed by atoms with Crippen LogP contribution >= 0.6 is 0 Å². The minimum Gasteiger partial charge on any atom is -0.444 e. The molecule has 1 amide bonds. The number of benzene rings is 1. The lowest BCUT2D eigenvalue weighted by Crippen LogP contribution is -2.28. The maximum atomic E-state index is 12.3. The first-order valence-electron chi connectivity index (χ1n) is 8.62. The summed E-state index contributed by atoms with van der Waals surface area (Å²) < 4.78 is 7.39. The zero-order valence-electron chi connectivity index (χ0n) is 14.9. The smallest absolute Gasteiger partial charge is 0.413 e. The molecule has 0 fully saturated rings. The van der Waals surface area contributed by atoms with Crippen LogP contribution in [0.3, 0.4) is 0 Å². The lowest BCUT2D eigenvalue weighted by molar-refractivity contribution is 0.0635. The standard InChI is InChI=1S/C20H23N3O2/c1-20(2,3)25-19(24)22-18-16(13-21)15-11-7-8-12-17(15)23(18)14-9-5-4-6-10-14/h4-6,9-10H,7-8,11-12H2,1-3H3,(H,22,24). The molecule has 130 valence electrons. The summed E-state index contributed by atoms with van der Waals surface area (Å²) in [4.78, 5) is 12.3. The molecule has 0 saturated heterocycles. The number of hydrogen-bond donors (Lipinski definition) is 1. The average molecular weight is 337 g/mol. The predicted molar refractivity (Wildman–Crippen MR) is 97.0 cm³/mol. The Morgan fingerprint density at radius 1 is 1.20 bits per heavy atom. The molecule has 1 aromatic heterocycles. The predicted octanol–water partition coefficient (Wildman–Crippen LogP) is 4.57. The van der Waals surface area contributed by atoms with E-state index in [2.05, 4.69) is 11.4 Å². The normalized spacial score (nSPS) is 13.7. The van der Waals surface area contributed by atoms with Gasteiger partial charge in [-0.15, -0.1) is 0 Å². The fraction of sp³-hybridized carbons (Fsp3) is 0.400. The molecule has 1 heterocycles. The van der Waals surface area contributed by atoms with Crippen molar-refractivity contribution >= 4 is 11.9 Å². The minimum absolute atomic E-state index is 0.509. The van der Waals surface area contributed by atoms with Gasteiger partial charge in [-0.1, -0.05) is 18.2 Å². The van der Waals surface area contributed by atoms with Gasteiger partial charge < -0.3 is 4.74 Å². The summed E-state index contributed by atoms with van der Waals surface area (Å²) in [6.45, 7) is 5.46. The summed E-state index contributed by atoms with van der Waals surface area (Å²) in [5, 5.41) is 12.5. The minimum atomic E-state index is -0.597. The van der Waals surface area contributed by atoms with E-state index in [4.69, 9.17) is 4.74 Å². The van der Waals surface area contributed by atoms with E-state index in [1.807, 2.05) is 55.7 Å². The SMILES string of the molecule is CC(C)(C)OC(=O)Nc1c(C#N)c2c(n1-c1ccccc1)CCCC2. The molecule has 25 heavy (non-hydrogen) atoms. The molecule has 1 aromatic carbocycles. The number of carbonyl (C=O) groups excluding carboxylic acids is 1. The first-order valence-corrected chi connectivity index (χ1v) is 8.62. The van der Waals surface area contributed by atoms with E-state index >= 15 is 0 Å². The Morgan fingerprint density at radius 3 is 2.52 bits per heavy atom. The van der Waals surface area contributed by atoms with Crippen LogP contribution in [0.15, 0.2) is 30.3 Å². The van der Waals surface area contributed by atoms with Crippen molar-refractivity contribution in [3.8, 4) is 11.8 Å². The second kappa shape index (κ2) is 6.64. The van der Waals surface area contributed by atoms with Gasteiger partial charge in [-0.3, -0.25) is 9.88 Å². The Kier molecular flexibility index (Phi) is 4.54. The largest absolute Gasteiger partial charge is 0.444 e. The molecular formula is C20H23N3O2. The summed E-state index contributed by atoms with van der Waals surface area (Å²) in [6.07, 6.45) is 3.36. The quantitative estimate of drug-likeness (QED) is 0.872. The van der Waals surface area contributed by atoms with Crippen molar-refractivity contribution < 1.29 is 9.53 Å². The molecular weight excluding hydrogens is 314 g/mol. The molecule has 5 heteroatoms. The van der Waals surface area contributed by atoms with E-state index in [0.29, 0.717) is 11.4 Å². The van der Waals surface area contributed by atoms with E-state index < -0.39 is 11.7 Å². The number of aromatic nitrogens is 1. The molecule has 1 aliphatic carbocycles. The Bertz CT molecular complexity index is 823. The molecule has 1 aliphatic rings. The number of nitrogens with zero attached hydrogens (tertiary/aromatic N) is 2. The Labute approximate surface area is 148 Å². The number of amides is 1. The molecule has 0 atom stereocenters. The Hall–Kier alpha value is -2.74. The van der Waals surface area contributed by atoms with Crippen LogP contribution in [0.2, 0.25) is 0 Å². The van der Waals surface area contributed by atoms with Gasteiger partial charge in [0.05, 0.1) is 5.56 Å². The van der Waals surface area contributed by atoms with Crippen LogP contribution in [0, 0.1) is 11.3 Å². The van der Waals surface area contributed by atoms with Gasteiger partial charge in [-0.05, 0) is 64.2 Å². The van der Waals surface area contributed by atoms with E-state index in [1.165, 1.54) is 0 Å². The van der Waals surface area contributed by atoms with Gasteiger partial charge in [0.2, 0.25) is 0 Å². The van der Waals surface area contributed by atoms with Crippen LogP contribution in [0.4, 0.5) is 10.6 Å². The highest BCUT2D eigenvalue weighted by atomic mass is 16.6. The van der Waals surface area contributed by atoms with E-state index in [-0.39, 0.29) is 0 Å². The second-order valence-electron chi connectivity index (χ2n) is 7.27. The third-order valence-electron chi connectivity index (χ3n) is 4.22. The monoisotopic (exact) mass is 337 g/mol. The zero-order valence-corrected chi connectivity index (χ0v) is 14.9. The van der Waals surface area contributed by atoms with Crippen LogP contribution in [0.1, 0.15) is 50.4 Å². The molecule has 1 N–H and O–H groups in total. The molecule has 0 bridgehead atoms. The number of nitrogens with one attached hydrogen (secondary N) is 1. The summed E-state index contributed by atoms with van der Waals surface area (Å²) in [6, 6.07) is 12.1. The number of hydrogen-bond acceptors (Lipinski definition) is 3. The van der Waals surface area contributed by atoms with Gasteiger partial charge in [0.25, 0.3) is 0 Å². The highest BCUT2D eigenvalue weighted by Gasteiger charge is 2.27. The van der Waals surface area contributed by atoms with Gasteiger partial charge in [-0.25, -0.2) is 4.79 Å². The number of fused-ring (bicyclic) bond motifs is 1. The van der Waals surface area contributed by atoms with Crippen molar-refractivity contribution in [1.29, 1.82) is 5.26 Å². The van der Waals surface area contributed by atoms with Gasteiger partial charge in [-0.2, -0.15) is 5.26 Å². The topological polar surface area (TPSA) is 67.0 Å². The third-order valence-corrected chi connectivity index (χ3v) is 4.22. The molecule has 0 spiro atoms. The lowest BCUT2D eigenvalue weighted by atomic mass is 9.95. The lowest BCUT2D eigenvalue weighted by Gasteiger charge is -2.21. The summed E-state index contributed by atoms with van der Waals surface area (Å²) >= 11 is 0. The van der Waals surface area contributed by atoms with Crippen LogP contribution in [0.5, 0.6) is 0 Å². The molecule has 0 aliphatic heterocycles. The summed E-state index contributed by atoms with van der Waals surface area (Å²) in [5.74, 6) is 0.509. The van der Waals surface area contributed by atoms with E-state index in [0.717, 1.165) is 42.6 Å². The van der Waals surface area contributed by atoms with Crippen molar-refractivity contribution in [1.82, 2.24) is 4.57 Å². The molecule has 2 aromatic rings. The third kappa shape index (κ3) is 3.53. The average Bonchev–Trinajstić information content (AvgIpc) is 2.86. The van der Waals surface area contributed by atoms with Crippen molar-refractivity contribution in [2.24, 2.45) is 0 Å². The first kappa shape index (κ1) is 17.1. The van der Waals surface area contributed by atoms with E-state index in [1.54, 1.807) is 0 Å². The van der Waals surface area contributed by atoms with Crippen LogP contribution in [-0.4, -0.2) is 16.3 Å². The maximum absolute atomic E-state index is 12.3. The van der Waals surface area contributed by atoms with Crippen molar-refractivity contribution in [3.63, 3.8) is 0 Å². The molecule has 0 radical (unpaired) electrons. The number of anilines is 1. The van der Waals surface area contributed by atoms with Gasteiger partial charge in [0.15, 0.2) is 0 Å². The van der Waals surface area contributed by atoms with Gasteiger partial charge >= 0.3 is 6.09 Å². The molecule has 0 unspecified atom stereocenters. The number of carbonyl (C=O) groups is 1.